The standard InChI is InChI=1S/C18H18N6O3S/c1-11-9-14(28-18-19-7-4-8-20-18)5-6-15(11)21-16(25)10-23-13(3)17(24(26)27)12(2)22-23/h4-9H,10H2,1-3H3,(H,21,25). The third-order valence-electron chi connectivity index (χ3n) is 4.04. The molecule has 10 heteroatoms. The van der Waals surface area contributed by atoms with E-state index in [1.165, 1.54) is 16.4 Å². The molecule has 2 heterocycles. The molecule has 1 N–H and O–H groups in total. The fourth-order valence-corrected chi connectivity index (χ4v) is 3.52. The van der Waals surface area contributed by atoms with Gasteiger partial charge in [-0.25, -0.2) is 9.97 Å². The molecule has 0 aliphatic rings. The molecule has 3 rings (SSSR count). The zero-order chi connectivity index (χ0) is 20.3. The molecule has 0 saturated heterocycles. The minimum atomic E-state index is -0.483. The lowest BCUT2D eigenvalue weighted by molar-refractivity contribution is -0.386. The van der Waals surface area contributed by atoms with Crippen LogP contribution in [0.15, 0.2) is 46.7 Å². The summed E-state index contributed by atoms with van der Waals surface area (Å²) in [6.07, 6.45) is 3.36. The third kappa shape index (κ3) is 4.34. The van der Waals surface area contributed by atoms with Crippen LogP contribution in [0, 0.1) is 30.9 Å². The number of amides is 1. The van der Waals surface area contributed by atoms with Crippen molar-refractivity contribution < 1.29 is 9.72 Å². The lowest BCUT2D eigenvalue weighted by Crippen LogP contribution is -2.20. The van der Waals surface area contributed by atoms with Crippen LogP contribution in [-0.2, 0) is 11.3 Å². The van der Waals surface area contributed by atoms with Gasteiger partial charge in [-0.15, -0.1) is 0 Å². The van der Waals surface area contributed by atoms with Gasteiger partial charge in [-0.3, -0.25) is 19.6 Å². The average molecular weight is 398 g/mol. The first-order valence-corrected chi connectivity index (χ1v) is 9.20. The van der Waals surface area contributed by atoms with Crippen LogP contribution in [0.1, 0.15) is 17.0 Å². The smallest absolute Gasteiger partial charge is 0.312 e. The van der Waals surface area contributed by atoms with Crippen LogP contribution in [0.5, 0.6) is 0 Å². The van der Waals surface area contributed by atoms with Crippen LogP contribution >= 0.6 is 11.8 Å². The van der Waals surface area contributed by atoms with Crippen LogP contribution < -0.4 is 5.32 Å². The Balaban J connectivity index is 1.69. The molecule has 28 heavy (non-hydrogen) atoms. The normalized spacial score (nSPS) is 10.7. The Kier molecular flexibility index (Phi) is 5.69. The minimum absolute atomic E-state index is 0.0616. The van der Waals surface area contributed by atoms with Gasteiger partial charge < -0.3 is 5.32 Å². The first-order chi connectivity index (χ1) is 13.3. The molecule has 1 aromatic carbocycles. The number of nitrogens with one attached hydrogen (secondary N) is 1. The van der Waals surface area contributed by atoms with Crippen LogP contribution in [0.4, 0.5) is 11.4 Å². The molecule has 0 radical (unpaired) electrons. The van der Waals surface area contributed by atoms with Crippen molar-refractivity contribution in [2.75, 3.05) is 5.32 Å². The van der Waals surface area contributed by atoms with E-state index in [1.807, 2.05) is 25.1 Å². The Morgan fingerprint density at radius 2 is 1.96 bits per heavy atom. The van der Waals surface area contributed by atoms with E-state index >= 15 is 0 Å². The number of benzene rings is 1. The fraction of sp³-hybridized carbons (Fsp3) is 0.222. The van der Waals surface area contributed by atoms with Gasteiger partial charge >= 0.3 is 5.69 Å². The Morgan fingerprint density at radius 3 is 2.57 bits per heavy atom. The Bertz CT molecular complexity index is 1040. The Morgan fingerprint density at radius 1 is 1.25 bits per heavy atom. The molecule has 1 amide bonds. The van der Waals surface area contributed by atoms with Crippen molar-refractivity contribution in [3.63, 3.8) is 0 Å². The number of nitrogens with zero attached hydrogens (tertiary/aromatic N) is 5. The van der Waals surface area contributed by atoms with Crippen molar-refractivity contribution in [1.29, 1.82) is 0 Å². The van der Waals surface area contributed by atoms with Gasteiger partial charge in [-0.05, 0) is 62.4 Å². The summed E-state index contributed by atoms with van der Waals surface area (Å²) >= 11 is 1.43. The van der Waals surface area contributed by atoms with Crippen LogP contribution in [0.3, 0.4) is 0 Å². The maximum atomic E-state index is 12.4. The number of hydrogen-bond acceptors (Lipinski definition) is 7. The second-order valence-electron chi connectivity index (χ2n) is 6.09. The monoisotopic (exact) mass is 398 g/mol. The highest BCUT2D eigenvalue weighted by molar-refractivity contribution is 7.99. The number of carbonyl (C=O) groups excluding carboxylic acids is 1. The molecule has 0 aliphatic heterocycles. The van der Waals surface area contributed by atoms with Gasteiger partial charge in [0.2, 0.25) is 5.91 Å². The zero-order valence-corrected chi connectivity index (χ0v) is 16.4. The number of rotatable bonds is 6. The molecule has 9 nitrogen and oxygen atoms in total. The second kappa shape index (κ2) is 8.17. The molecule has 0 aliphatic carbocycles. The summed E-state index contributed by atoms with van der Waals surface area (Å²) in [4.78, 5) is 32.3. The number of aryl methyl sites for hydroxylation is 2. The van der Waals surface area contributed by atoms with Crippen molar-refractivity contribution in [3.8, 4) is 0 Å². The third-order valence-corrected chi connectivity index (χ3v) is 4.93. The van der Waals surface area contributed by atoms with E-state index in [4.69, 9.17) is 0 Å². The Hall–Kier alpha value is -3.27. The average Bonchev–Trinajstić information content (AvgIpc) is 2.91. The largest absolute Gasteiger partial charge is 0.324 e. The highest BCUT2D eigenvalue weighted by Crippen LogP contribution is 2.28. The predicted octanol–water partition coefficient (Wildman–Crippen LogP) is 3.30. The van der Waals surface area contributed by atoms with Gasteiger partial charge in [-0.1, -0.05) is 0 Å². The van der Waals surface area contributed by atoms with Gasteiger partial charge in [-0.2, -0.15) is 5.10 Å². The molecule has 144 valence electrons. The van der Waals surface area contributed by atoms with Crippen LogP contribution in [-0.4, -0.2) is 30.6 Å². The van der Waals surface area contributed by atoms with E-state index in [2.05, 4.69) is 20.4 Å². The maximum Gasteiger partial charge on any atom is 0.312 e. The number of aromatic nitrogens is 4. The molecule has 0 atom stereocenters. The summed E-state index contributed by atoms with van der Waals surface area (Å²) in [5.74, 6) is -0.310. The van der Waals surface area contributed by atoms with Crippen molar-refractivity contribution in [2.45, 2.75) is 37.4 Å². The zero-order valence-electron chi connectivity index (χ0n) is 15.5. The van der Waals surface area contributed by atoms with E-state index < -0.39 is 4.92 Å². The summed E-state index contributed by atoms with van der Waals surface area (Å²) < 4.78 is 1.34. The summed E-state index contributed by atoms with van der Waals surface area (Å²) in [6, 6.07) is 7.37. The topological polar surface area (TPSA) is 116 Å². The van der Waals surface area contributed by atoms with Gasteiger partial charge in [0.15, 0.2) is 5.16 Å². The molecule has 0 spiro atoms. The van der Waals surface area contributed by atoms with Crippen LogP contribution in [0.2, 0.25) is 0 Å². The summed E-state index contributed by atoms with van der Waals surface area (Å²) in [5.41, 5.74) is 2.13. The minimum Gasteiger partial charge on any atom is -0.324 e. The van der Waals surface area contributed by atoms with Gasteiger partial charge in [0.1, 0.15) is 17.9 Å². The molecular weight excluding hydrogens is 380 g/mol. The lowest BCUT2D eigenvalue weighted by Gasteiger charge is -2.10. The van der Waals surface area contributed by atoms with E-state index in [9.17, 15) is 14.9 Å². The quantitative estimate of drug-likeness (QED) is 0.385. The van der Waals surface area contributed by atoms with E-state index in [1.54, 1.807) is 32.3 Å². The molecule has 0 saturated carbocycles. The molecule has 0 unspecified atom stereocenters. The number of carbonyl (C=O) groups is 1. The summed E-state index contributed by atoms with van der Waals surface area (Å²) in [6.45, 7) is 4.92. The fourth-order valence-electron chi connectivity index (χ4n) is 2.71. The SMILES string of the molecule is Cc1cc(Sc2ncccn2)ccc1NC(=O)Cn1nc(C)c([N+](=O)[O-])c1C. The van der Waals surface area contributed by atoms with Crippen molar-refractivity contribution in [2.24, 2.45) is 0 Å². The first-order valence-electron chi connectivity index (χ1n) is 8.39. The van der Waals surface area contributed by atoms with Gasteiger partial charge in [0.25, 0.3) is 0 Å². The van der Waals surface area contributed by atoms with E-state index in [-0.39, 0.29) is 23.8 Å². The molecule has 3 aromatic rings. The predicted molar refractivity (Wildman–Crippen MR) is 104 cm³/mol. The number of anilines is 1. The molecule has 0 bridgehead atoms. The van der Waals surface area contributed by atoms with Crippen molar-refractivity contribution in [3.05, 3.63) is 63.7 Å². The highest BCUT2D eigenvalue weighted by atomic mass is 32.2. The first kappa shape index (κ1) is 19.5. The van der Waals surface area contributed by atoms with E-state index in [0.717, 1.165) is 10.5 Å². The Labute approximate surface area is 165 Å². The molecular formula is C18H18N6O3S. The molecule has 2 aromatic heterocycles. The second-order valence-corrected chi connectivity index (χ2v) is 7.13. The van der Waals surface area contributed by atoms with Crippen LogP contribution in [0.25, 0.3) is 0 Å². The summed E-state index contributed by atoms with van der Waals surface area (Å²) in [5, 5.41) is 18.6. The summed E-state index contributed by atoms with van der Waals surface area (Å²) in [7, 11) is 0. The van der Waals surface area contributed by atoms with Crippen molar-refractivity contribution >= 4 is 29.0 Å². The molecule has 0 fully saturated rings. The lowest BCUT2D eigenvalue weighted by atomic mass is 10.2. The van der Waals surface area contributed by atoms with Gasteiger partial charge in [0.05, 0.1) is 4.92 Å². The number of nitro groups is 1. The number of hydrogen-bond donors (Lipinski definition) is 1. The maximum absolute atomic E-state index is 12.4. The highest BCUT2D eigenvalue weighted by Gasteiger charge is 2.22. The van der Waals surface area contributed by atoms with Crippen molar-refractivity contribution in [1.82, 2.24) is 19.7 Å². The van der Waals surface area contributed by atoms with Gasteiger partial charge in [0, 0.05) is 23.0 Å². The van der Waals surface area contributed by atoms with E-state index in [0.29, 0.717) is 16.5 Å².